The van der Waals surface area contributed by atoms with Crippen molar-refractivity contribution in [2.24, 2.45) is 0 Å². The quantitative estimate of drug-likeness (QED) is 0.910. The maximum absolute atomic E-state index is 11.9. The average molecular weight is 266 g/mol. The van der Waals surface area contributed by atoms with Crippen molar-refractivity contribution in [2.75, 3.05) is 19.8 Å². The monoisotopic (exact) mass is 265 g/mol. The van der Waals surface area contributed by atoms with E-state index in [4.69, 9.17) is 4.74 Å². The number of rotatable bonds is 3. The van der Waals surface area contributed by atoms with Crippen LogP contribution in [0, 0.1) is 0 Å². The van der Waals surface area contributed by atoms with Gasteiger partial charge in [0.25, 0.3) is 0 Å². The molecule has 3 nitrogen and oxygen atoms in total. The van der Waals surface area contributed by atoms with Crippen molar-refractivity contribution >= 4 is 12.4 Å². The van der Waals surface area contributed by atoms with E-state index < -0.39 is 6.61 Å². The lowest BCUT2D eigenvalue weighted by Crippen LogP contribution is -2.34. The average Bonchev–Trinajstić information content (AvgIpc) is 2.30. The van der Waals surface area contributed by atoms with Crippen molar-refractivity contribution in [1.29, 1.82) is 0 Å². The molecule has 1 N–H and O–H groups in total. The first-order valence-electron chi connectivity index (χ1n) is 5.11. The van der Waals surface area contributed by atoms with Gasteiger partial charge in [0.15, 0.2) is 0 Å². The lowest BCUT2D eigenvalue weighted by molar-refractivity contribution is -0.0498. The smallest absolute Gasteiger partial charge is 0.387 e. The van der Waals surface area contributed by atoms with Crippen LogP contribution in [-0.2, 0) is 4.74 Å². The molecule has 0 aliphatic carbocycles. The van der Waals surface area contributed by atoms with E-state index in [1.54, 1.807) is 12.1 Å². The molecule has 1 atom stereocenters. The molecule has 1 fully saturated rings. The molecule has 1 aliphatic rings. The third-order valence-corrected chi connectivity index (χ3v) is 2.43. The summed E-state index contributed by atoms with van der Waals surface area (Å²) in [5.41, 5.74) is 1.02. The van der Waals surface area contributed by atoms with Crippen LogP contribution in [-0.4, -0.2) is 26.4 Å². The van der Waals surface area contributed by atoms with Crippen LogP contribution in [0.3, 0.4) is 0 Å². The Kier molecular flexibility index (Phi) is 5.61. The van der Waals surface area contributed by atoms with Gasteiger partial charge in [0.1, 0.15) is 5.75 Å². The summed E-state index contributed by atoms with van der Waals surface area (Å²) in [6.07, 6.45) is 0. The fraction of sp³-hybridized carbons (Fsp3) is 0.455. The van der Waals surface area contributed by atoms with Gasteiger partial charge in [-0.3, -0.25) is 0 Å². The van der Waals surface area contributed by atoms with Crippen molar-refractivity contribution in [3.63, 3.8) is 0 Å². The molecule has 17 heavy (non-hydrogen) atoms. The van der Waals surface area contributed by atoms with Crippen LogP contribution in [0.5, 0.6) is 5.75 Å². The Bertz CT molecular complexity index is 329. The van der Waals surface area contributed by atoms with E-state index in [2.05, 4.69) is 10.1 Å². The van der Waals surface area contributed by atoms with E-state index in [-0.39, 0.29) is 24.2 Å². The molecular weight excluding hydrogens is 252 g/mol. The molecule has 6 heteroatoms. The SMILES string of the molecule is Cl.FC(F)Oc1ccc([C@@H]2COCCN2)cc1. The number of morpholine rings is 1. The largest absolute Gasteiger partial charge is 0.435 e. The van der Waals surface area contributed by atoms with E-state index in [1.165, 1.54) is 12.1 Å². The van der Waals surface area contributed by atoms with Crippen LogP contribution in [0.25, 0.3) is 0 Å². The zero-order valence-electron chi connectivity index (χ0n) is 9.07. The van der Waals surface area contributed by atoms with Gasteiger partial charge in [-0.25, -0.2) is 0 Å². The highest BCUT2D eigenvalue weighted by atomic mass is 35.5. The van der Waals surface area contributed by atoms with Gasteiger partial charge in [-0.15, -0.1) is 12.4 Å². The zero-order chi connectivity index (χ0) is 11.4. The standard InChI is InChI=1S/C11H13F2NO2.ClH/c12-11(13)16-9-3-1-8(2-4-9)10-7-15-6-5-14-10;/h1-4,10-11,14H,5-7H2;1H/t10-;/m0./s1. The molecule has 0 unspecified atom stereocenters. The predicted octanol–water partition coefficient (Wildman–Crippen LogP) is 2.37. The molecule has 0 amide bonds. The number of nitrogens with one attached hydrogen (secondary N) is 1. The van der Waals surface area contributed by atoms with Gasteiger partial charge in [0.2, 0.25) is 0 Å². The van der Waals surface area contributed by atoms with Gasteiger partial charge in [0.05, 0.1) is 19.3 Å². The second-order valence-electron chi connectivity index (χ2n) is 3.53. The Labute approximate surface area is 105 Å². The highest BCUT2D eigenvalue weighted by Gasteiger charge is 2.15. The minimum Gasteiger partial charge on any atom is -0.435 e. The molecule has 1 aromatic carbocycles. The molecule has 0 bridgehead atoms. The zero-order valence-corrected chi connectivity index (χ0v) is 9.88. The Morgan fingerprint density at radius 1 is 1.29 bits per heavy atom. The van der Waals surface area contributed by atoms with Crippen molar-refractivity contribution in [3.8, 4) is 5.75 Å². The fourth-order valence-corrected chi connectivity index (χ4v) is 1.66. The Hall–Kier alpha value is -0.910. The van der Waals surface area contributed by atoms with E-state index in [0.717, 1.165) is 12.1 Å². The highest BCUT2D eigenvalue weighted by Crippen LogP contribution is 2.20. The summed E-state index contributed by atoms with van der Waals surface area (Å²) in [6, 6.07) is 6.75. The topological polar surface area (TPSA) is 30.5 Å². The number of benzene rings is 1. The predicted molar refractivity (Wildman–Crippen MR) is 61.9 cm³/mol. The molecule has 1 aliphatic heterocycles. The summed E-state index contributed by atoms with van der Waals surface area (Å²) in [4.78, 5) is 0. The van der Waals surface area contributed by atoms with Crippen LogP contribution in [0.2, 0.25) is 0 Å². The molecule has 0 saturated carbocycles. The van der Waals surface area contributed by atoms with Gasteiger partial charge in [-0.1, -0.05) is 12.1 Å². The van der Waals surface area contributed by atoms with Crippen LogP contribution in [0.15, 0.2) is 24.3 Å². The lowest BCUT2D eigenvalue weighted by Gasteiger charge is -2.24. The molecule has 0 radical (unpaired) electrons. The summed E-state index contributed by atoms with van der Waals surface area (Å²) in [5.74, 6) is 0.176. The first kappa shape index (κ1) is 14.2. The second-order valence-corrected chi connectivity index (χ2v) is 3.53. The third-order valence-electron chi connectivity index (χ3n) is 2.43. The maximum atomic E-state index is 11.9. The molecule has 0 spiro atoms. The van der Waals surface area contributed by atoms with Crippen molar-refractivity contribution < 1.29 is 18.3 Å². The minimum absolute atomic E-state index is 0. The van der Waals surface area contributed by atoms with Crippen molar-refractivity contribution in [1.82, 2.24) is 5.32 Å². The molecule has 1 heterocycles. The lowest BCUT2D eigenvalue weighted by atomic mass is 10.1. The Morgan fingerprint density at radius 2 is 2.00 bits per heavy atom. The van der Waals surface area contributed by atoms with Crippen LogP contribution in [0.1, 0.15) is 11.6 Å². The fourth-order valence-electron chi connectivity index (χ4n) is 1.66. The summed E-state index contributed by atoms with van der Waals surface area (Å²) in [7, 11) is 0. The van der Waals surface area contributed by atoms with Crippen LogP contribution < -0.4 is 10.1 Å². The summed E-state index contributed by atoms with van der Waals surface area (Å²) in [5, 5.41) is 3.28. The third kappa shape index (κ3) is 4.11. The van der Waals surface area contributed by atoms with E-state index >= 15 is 0 Å². The number of halogens is 3. The van der Waals surface area contributed by atoms with E-state index in [9.17, 15) is 8.78 Å². The number of hydrogen-bond acceptors (Lipinski definition) is 3. The van der Waals surface area contributed by atoms with Gasteiger partial charge in [-0.05, 0) is 17.7 Å². The summed E-state index contributed by atoms with van der Waals surface area (Å²) in [6.45, 7) is -0.653. The normalized spacial score (nSPS) is 19.8. The minimum atomic E-state index is -2.78. The van der Waals surface area contributed by atoms with Crippen LogP contribution in [0.4, 0.5) is 8.78 Å². The van der Waals surface area contributed by atoms with E-state index in [1.807, 2.05) is 0 Å². The number of ether oxygens (including phenoxy) is 2. The van der Waals surface area contributed by atoms with Crippen molar-refractivity contribution in [2.45, 2.75) is 12.7 Å². The molecule has 1 saturated heterocycles. The first-order valence-corrected chi connectivity index (χ1v) is 5.11. The van der Waals surface area contributed by atoms with Gasteiger partial charge in [0, 0.05) is 6.54 Å². The maximum Gasteiger partial charge on any atom is 0.387 e. The second kappa shape index (κ2) is 6.74. The summed E-state index contributed by atoms with van der Waals surface area (Å²) >= 11 is 0. The molecule has 96 valence electrons. The Morgan fingerprint density at radius 3 is 2.53 bits per heavy atom. The molecule has 0 aromatic heterocycles. The number of alkyl halides is 2. The van der Waals surface area contributed by atoms with E-state index in [0.29, 0.717) is 13.2 Å². The van der Waals surface area contributed by atoms with Gasteiger partial charge < -0.3 is 14.8 Å². The summed E-state index contributed by atoms with van der Waals surface area (Å²) < 4.78 is 33.4. The Balaban J connectivity index is 0.00000144. The molecule has 2 rings (SSSR count). The van der Waals surface area contributed by atoms with Crippen LogP contribution >= 0.6 is 12.4 Å². The first-order chi connectivity index (χ1) is 7.75. The number of hydrogen-bond donors (Lipinski definition) is 1. The molecule has 1 aromatic rings. The highest BCUT2D eigenvalue weighted by molar-refractivity contribution is 5.85. The molecular formula is C11H14ClF2NO2. The van der Waals surface area contributed by atoms with Gasteiger partial charge in [-0.2, -0.15) is 8.78 Å². The van der Waals surface area contributed by atoms with Crippen molar-refractivity contribution in [3.05, 3.63) is 29.8 Å². The van der Waals surface area contributed by atoms with Gasteiger partial charge >= 0.3 is 6.61 Å².